The van der Waals surface area contributed by atoms with Crippen molar-refractivity contribution in [1.82, 2.24) is 15.5 Å². The number of ketones is 2. The number of amides is 3. The molecule has 2 aromatic rings. The number of alkyl halides is 3. The maximum absolute atomic E-state index is 12.2. The van der Waals surface area contributed by atoms with Gasteiger partial charge in [0, 0.05) is 62.4 Å². The van der Waals surface area contributed by atoms with Crippen LogP contribution in [0.4, 0.5) is 0 Å². The molecule has 12 fully saturated rings. The quantitative estimate of drug-likeness (QED) is 0.0183. The number of fused-ring (bicyclic) bond motifs is 2. The van der Waals surface area contributed by atoms with Gasteiger partial charge < -0.3 is 37.8 Å². The van der Waals surface area contributed by atoms with Gasteiger partial charge in [-0.2, -0.15) is 0 Å². The molecule has 0 spiro atoms. The van der Waals surface area contributed by atoms with Gasteiger partial charge in [-0.05, 0) is 390 Å². The van der Waals surface area contributed by atoms with Crippen LogP contribution in [0.3, 0.4) is 0 Å². The molecule has 0 atom stereocenters. The number of allylic oxidation sites excluding steroid dienone is 15. The lowest BCUT2D eigenvalue weighted by Gasteiger charge is -2.57. The maximum Gasteiger partial charge on any atom is 0.254 e. The van der Waals surface area contributed by atoms with Crippen LogP contribution in [0.5, 0.6) is 0 Å². The first kappa shape index (κ1) is 108. The second-order valence-corrected chi connectivity index (χ2v) is 39.6. The van der Waals surface area contributed by atoms with E-state index in [9.17, 15) is 24.0 Å². The fourth-order valence-corrected chi connectivity index (χ4v) is 21.5. The monoisotopic (exact) mass is 1730 g/mol. The first-order valence-electron chi connectivity index (χ1n) is 46.2. The molecule has 121 heavy (non-hydrogen) atoms. The number of aliphatic hydroxyl groups excluding tert-OH is 1. The summed E-state index contributed by atoms with van der Waals surface area (Å²) in [4.78, 5) is 56.9. The van der Waals surface area contributed by atoms with E-state index < -0.39 is 0 Å². The van der Waals surface area contributed by atoms with Gasteiger partial charge in [0.05, 0.1) is 24.2 Å². The van der Waals surface area contributed by atoms with Crippen molar-refractivity contribution in [2.45, 2.75) is 317 Å². The topological polar surface area (TPSA) is 211 Å². The Bertz CT molecular complexity index is 3650. The number of hydrogen-bond acceptors (Lipinski definition) is 9. The van der Waals surface area contributed by atoms with Gasteiger partial charge in [0.15, 0.2) is 5.78 Å². The number of aliphatic hydroxyl groups is 1. The number of nitrogens with two attached hydrogens (primary N) is 3. The Kier molecular flexibility index (Phi) is 52.1. The van der Waals surface area contributed by atoms with Gasteiger partial charge in [-0.15, -0.1) is 34.8 Å². The van der Waals surface area contributed by atoms with E-state index in [2.05, 4.69) is 156 Å². The number of carbonyl (C=O) groups is 5. The summed E-state index contributed by atoms with van der Waals surface area (Å²) in [5.74, 6) is 12.1. The van der Waals surface area contributed by atoms with Crippen molar-refractivity contribution in [3.05, 3.63) is 187 Å². The minimum Gasteiger partial charge on any atom is -0.392 e. The van der Waals surface area contributed by atoms with Crippen molar-refractivity contribution in [3.8, 4) is 0 Å². The minimum absolute atomic E-state index is 0. The zero-order valence-electron chi connectivity index (χ0n) is 77.3. The van der Waals surface area contributed by atoms with E-state index in [1.807, 2.05) is 66.4 Å². The van der Waals surface area contributed by atoms with Crippen LogP contribution >= 0.6 is 34.8 Å². The largest absolute Gasteiger partial charge is 0.392 e. The lowest BCUT2D eigenvalue weighted by atomic mass is 9.48. The highest BCUT2D eigenvalue weighted by Gasteiger charge is 2.51. The Balaban J connectivity index is 0.000000293. The first-order chi connectivity index (χ1) is 57.2. The number of nitrogens with one attached hydrogen (secondary N) is 2. The number of benzene rings is 2. The second-order valence-electron chi connectivity index (χ2n) is 38.8. The first-order valence-corrected chi connectivity index (χ1v) is 47.8. The average molecular weight is 1730 g/mol. The predicted molar refractivity (Wildman–Crippen MR) is 518 cm³/mol. The van der Waals surface area contributed by atoms with Gasteiger partial charge in [-0.1, -0.05) is 154 Å². The third kappa shape index (κ3) is 42.0. The van der Waals surface area contributed by atoms with Crippen LogP contribution < -0.4 is 27.8 Å². The van der Waals surface area contributed by atoms with Crippen LogP contribution in [0.2, 0.25) is 0 Å². The molecule has 2 aliphatic heterocycles. The summed E-state index contributed by atoms with van der Waals surface area (Å²) in [5.41, 5.74) is 34.7. The molecule has 0 unspecified atom stereocenters. The van der Waals surface area contributed by atoms with E-state index in [0.29, 0.717) is 31.6 Å². The molecule has 12 aliphatic carbocycles. The summed E-state index contributed by atoms with van der Waals surface area (Å²) < 4.78 is 0. The van der Waals surface area contributed by atoms with E-state index in [1.54, 1.807) is 44.9 Å². The van der Waals surface area contributed by atoms with Crippen LogP contribution in [-0.4, -0.2) is 95.8 Å². The van der Waals surface area contributed by atoms with Gasteiger partial charge in [0.25, 0.3) is 11.8 Å². The number of carbonyl (C=O) groups excluding carboxylic acids is 5. The van der Waals surface area contributed by atoms with E-state index in [-0.39, 0.29) is 61.0 Å². The van der Waals surface area contributed by atoms with Crippen LogP contribution in [0, 0.1) is 76.4 Å². The van der Waals surface area contributed by atoms with Crippen molar-refractivity contribution in [1.29, 1.82) is 0 Å². The molecular weight excluding hydrogens is 1560 g/mol. The predicted octanol–water partition coefficient (Wildman–Crippen LogP) is 25.7. The smallest absolute Gasteiger partial charge is 0.254 e. The summed E-state index contributed by atoms with van der Waals surface area (Å²) in [6, 6.07) is 16.1. The van der Waals surface area contributed by atoms with E-state index >= 15 is 0 Å². The van der Waals surface area contributed by atoms with Crippen molar-refractivity contribution in [2.75, 3.05) is 50.4 Å². The third-order valence-electron chi connectivity index (χ3n) is 26.5. The van der Waals surface area contributed by atoms with Gasteiger partial charge in [-0.25, -0.2) is 0 Å². The molecule has 12 nitrogen and oxygen atoms in total. The maximum atomic E-state index is 12.2. The Hall–Kier alpha value is -5.70. The Morgan fingerprint density at radius 1 is 0.496 bits per heavy atom. The fourth-order valence-electron chi connectivity index (χ4n) is 21.1. The molecule has 12 bridgehead atoms. The van der Waals surface area contributed by atoms with Crippen molar-refractivity contribution < 1.29 is 29.1 Å². The van der Waals surface area contributed by atoms with Crippen LogP contribution in [0.15, 0.2) is 165 Å². The summed E-state index contributed by atoms with van der Waals surface area (Å²) in [6.07, 6.45) is 59.7. The third-order valence-corrected chi connectivity index (χ3v) is 27.4. The van der Waals surface area contributed by atoms with Crippen LogP contribution in [-0.2, 0) is 27.5 Å². The molecule has 678 valence electrons. The number of primary amides is 1. The molecule has 12 saturated carbocycles. The Morgan fingerprint density at radius 2 is 0.884 bits per heavy atom. The van der Waals surface area contributed by atoms with Gasteiger partial charge in [-0.3, -0.25) is 24.0 Å². The highest BCUT2D eigenvalue weighted by atomic mass is 35.5. The van der Waals surface area contributed by atoms with Gasteiger partial charge >= 0.3 is 0 Å². The highest BCUT2D eigenvalue weighted by molar-refractivity contribution is 6.35. The van der Waals surface area contributed by atoms with Gasteiger partial charge in [0.1, 0.15) is 5.78 Å². The molecule has 0 aromatic heterocycles. The molecule has 16 rings (SSSR count). The summed E-state index contributed by atoms with van der Waals surface area (Å²) in [5, 5.41) is 15.0. The Labute approximate surface area is 751 Å². The average Bonchev–Trinajstić information content (AvgIpc) is 0.932. The summed E-state index contributed by atoms with van der Waals surface area (Å²) >= 11 is 15.7. The minimum atomic E-state index is -0.357. The van der Waals surface area contributed by atoms with Crippen LogP contribution in [0.25, 0.3) is 0 Å². The zero-order chi connectivity index (χ0) is 88.3. The molecule has 15 heteroatoms. The van der Waals surface area contributed by atoms with E-state index in [4.69, 9.17) is 57.1 Å². The normalized spacial score (nSPS) is 25.4. The van der Waals surface area contributed by atoms with Crippen LogP contribution in [0.1, 0.15) is 329 Å². The zero-order valence-corrected chi connectivity index (χ0v) is 79.5. The van der Waals surface area contributed by atoms with E-state index in [0.717, 1.165) is 169 Å². The molecule has 2 heterocycles. The number of hydrogen-bond donors (Lipinski definition) is 6. The summed E-state index contributed by atoms with van der Waals surface area (Å²) in [7, 11) is 0. The molecule has 3 amide bonds. The number of halogens is 3. The molecule has 9 N–H and O–H groups in total. The molecular formula is C106H167Cl3N6O6. The second kappa shape index (κ2) is 58.6. The molecule has 0 radical (unpaired) electrons. The fraction of sp³-hybridized carbons (Fsp3) is 0.651. The van der Waals surface area contributed by atoms with E-state index in [1.165, 1.54) is 146 Å². The number of rotatable bonds is 31. The Morgan fingerprint density at radius 3 is 1.28 bits per heavy atom. The molecule has 14 aliphatic rings. The number of nitrogens with zero attached hydrogens (tertiary/aromatic N) is 1. The standard InChI is InChI=1S/C23H39N.C18H23NO.C13H19ClO.C10H17NO.C10H17N.C10H19N.C10H18O.C8H7NO.C3H4Cl2O.CH4/c1-18(2)6-4-7-19(3)8-11-24-10-5-9-23-15-20-12-21(16-23)14-22(13-20)17-23;1-14(2)7-6-8-15(3)11-12-19-13-16-9-4-5-10-17(16)18(19)20;14-7-12(15)6-13-10-2-8-1-9(4-10)5-11(13)3-8;1-8(2)5-4-6-9(3)7-10(11)12;11-10-8-2-6-1-7(4-8)5-9(10)3-6;2*1-9(2)5-4-6-10(3)7-8-11;10-8-7-4-2-1-3-6(7)5-9-8;4-1-3(6)2-5;/h6,8,20-22,24H,4-5,7,9-17H2,1-3H3;4-5,7,9-11H,6,8,12-13H2,1-3H3;8-11,13H,1-7H2;5,7H,4,6H2,1-3H3,(H2,11,12);6-10H,1-5,11H2;5,7H,4,6,8,11H2,1-3H3;5,7,11H,4,6,8H2,1-3H3;1-4H,5H2,(H,9,10);1-2H2;1H4/b19-8+;15-11+;;9-7+;;2*10-7+;;;. The van der Waals surface area contributed by atoms with Crippen molar-refractivity contribution in [3.63, 3.8) is 0 Å². The van der Waals surface area contributed by atoms with Crippen molar-refractivity contribution in [2.24, 2.45) is 93.6 Å². The van der Waals surface area contributed by atoms with Gasteiger partial charge in [0.2, 0.25) is 5.91 Å². The molecule has 2 aromatic carbocycles. The lowest BCUT2D eigenvalue weighted by molar-refractivity contribution is -0.121. The SMILES string of the molecule is C.CC(C)=CCC/C(C)=C/C(N)=O.CC(C)=CCC/C(C)=C/CN.CC(C)=CCC/C(C)=C/CN1Cc2ccccc2C1=O.CC(C)=CCC/C(C)=C/CNCCCC12CC3CC(CC(C3)C1)C2.CC(C)=CCC/C(C)=C/CO.NC1C2CC3CC(C2)CC1C3.O=C(CCl)CC1C2CC3CC(C2)CC1C3.O=C(CCl)CCl.O=C1NCc2ccccc21. The van der Waals surface area contributed by atoms with Crippen molar-refractivity contribution >= 4 is 64.1 Å². The highest BCUT2D eigenvalue weighted by Crippen LogP contribution is 2.62. The summed E-state index contributed by atoms with van der Waals surface area (Å²) in [6.45, 7) is 37.0. The lowest BCUT2D eigenvalue weighted by Crippen LogP contribution is -2.52. The number of Topliss-reactive ketones (excluding diaryl/α,β-unsaturated/α-hetero) is 2. The molecule has 0 saturated heterocycles.